The van der Waals surface area contributed by atoms with Gasteiger partial charge in [0.1, 0.15) is 0 Å². The highest BCUT2D eigenvalue weighted by molar-refractivity contribution is 7.09. The summed E-state index contributed by atoms with van der Waals surface area (Å²) in [6.07, 6.45) is 3.62. The van der Waals surface area contributed by atoms with Gasteiger partial charge in [-0.1, -0.05) is 36.4 Å². The van der Waals surface area contributed by atoms with Gasteiger partial charge in [-0.15, -0.1) is 11.3 Å². The van der Waals surface area contributed by atoms with Gasteiger partial charge in [0.05, 0.1) is 5.52 Å². The highest BCUT2D eigenvalue weighted by Crippen LogP contribution is 2.13. The van der Waals surface area contributed by atoms with Crippen LogP contribution >= 0.6 is 22.7 Å². The molecule has 2 nitrogen and oxygen atoms in total. The third-order valence-electron chi connectivity index (χ3n) is 3.97. The van der Waals surface area contributed by atoms with E-state index in [0.29, 0.717) is 0 Å². The average molecular weight is 433 g/mol. The van der Waals surface area contributed by atoms with Gasteiger partial charge in [-0.3, -0.25) is 9.97 Å². The summed E-state index contributed by atoms with van der Waals surface area (Å²) in [6, 6.07) is 22.4. The first-order chi connectivity index (χ1) is 14.6. The van der Waals surface area contributed by atoms with Crippen molar-refractivity contribution in [3.05, 3.63) is 117 Å². The van der Waals surface area contributed by atoms with E-state index in [2.05, 4.69) is 89.3 Å². The third kappa shape index (κ3) is 9.12. The molecule has 0 bridgehead atoms. The van der Waals surface area contributed by atoms with E-state index in [1.807, 2.05) is 37.4 Å². The van der Waals surface area contributed by atoms with Gasteiger partial charge < -0.3 is 0 Å². The SMILES string of the molecule is Cc1cccc2cccnc12.Cc1ccccn1.Cc1cccs1.Cc1ccsc1. The predicted octanol–water partition coefficient (Wildman–Crippen LogP) is 8.05. The minimum atomic E-state index is 1.07. The lowest BCUT2D eigenvalue weighted by molar-refractivity contribution is 1.20. The summed E-state index contributed by atoms with van der Waals surface area (Å²) in [6.45, 7) is 8.25. The molecule has 0 aliphatic heterocycles. The van der Waals surface area contributed by atoms with Gasteiger partial charge in [0.25, 0.3) is 0 Å². The summed E-state index contributed by atoms with van der Waals surface area (Å²) in [5.41, 5.74) is 4.78. The molecule has 154 valence electrons. The molecular weight excluding hydrogens is 404 g/mol. The number of aromatic nitrogens is 2. The Morgan fingerprint density at radius 2 is 1.47 bits per heavy atom. The maximum absolute atomic E-state index is 4.28. The number of aryl methyl sites for hydroxylation is 4. The Kier molecular flexibility index (Phi) is 10.5. The molecule has 30 heavy (non-hydrogen) atoms. The van der Waals surface area contributed by atoms with Crippen LogP contribution in [-0.2, 0) is 0 Å². The predicted molar refractivity (Wildman–Crippen MR) is 134 cm³/mol. The first-order valence-corrected chi connectivity index (χ1v) is 11.6. The largest absolute Gasteiger partial charge is 0.262 e. The first kappa shape index (κ1) is 23.5. The number of fused-ring (bicyclic) bond motifs is 1. The molecule has 5 aromatic rings. The Morgan fingerprint density at radius 1 is 0.667 bits per heavy atom. The van der Waals surface area contributed by atoms with Crippen molar-refractivity contribution >= 4 is 33.6 Å². The van der Waals surface area contributed by atoms with Crippen molar-refractivity contribution in [2.75, 3.05) is 0 Å². The van der Waals surface area contributed by atoms with Crippen LogP contribution < -0.4 is 0 Å². The Morgan fingerprint density at radius 3 is 1.90 bits per heavy atom. The quantitative estimate of drug-likeness (QED) is 0.247. The zero-order valence-electron chi connectivity index (χ0n) is 17.9. The molecule has 0 spiro atoms. The molecule has 1 aromatic carbocycles. The van der Waals surface area contributed by atoms with Gasteiger partial charge in [0.2, 0.25) is 0 Å². The average Bonchev–Trinajstić information content (AvgIpc) is 3.44. The minimum Gasteiger partial charge on any atom is -0.262 e. The molecule has 0 atom stereocenters. The maximum atomic E-state index is 4.28. The third-order valence-corrected chi connectivity index (χ3v) is 5.58. The molecule has 0 radical (unpaired) electrons. The molecule has 0 N–H and O–H groups in total. The van der Waals surface area contributed by atoms with Crippen molar-refractivity contribution in [1.82, 2.24) is 9.97 Å². The number of benzene rings is 1. The Hall–Kier alpha value is -2.82. The van der Waals surface area contributed by atoms with E-state index >= 15 is 0 Å². The Balaban J connectivity index is 0.000000148. The Labute approximate surface area is 187 Å². The van der Waals surface area contributed by atoms with E-state index in [-0.39, 0.29) is 0 Å². The second kappa shape index (κ2) is 13.4. The summed E-state index contributed by atoms with van der Waals surface area (Å²) < 4.78 is 0. The number of rotatable bonds is 0. The topological polar surface area (TPSA) is 25.8 Å². The van der Waals surface area contributed by atoms with E-state index in [9.17, 15) is 0 Å². The zero-order valence-corrected chi connectivity index (χ0v) is 19.6. The lowest BCUT2D eigenvalue weighted by Gasteiger charge is -1.97. The van der Waals surface area contributed by atoms with Crippen molar-refractivity contribution in [3.63, 3.8) is 0 Å². The lowest BCUT2D eigenvalue weighted by atomic mass is 10.1. The zero-order chi connectivity index (χ0) is 21.6. The summed E-state index contributed by atoms with van der Waals surface area (Å²) in [5.74, 6) is 0. The molecule has 4 heteroatoms. The van der Waals surface area contributed by atoms with Gasteiger partial charge in [-0.2, -0.15) is 11.3 Å². The molecule has 0 aliphatic carbocycles. The first-order valence-electron chi connectivity index (χ1n) is 9.73. The highest BCUT2D eigenvalue weighted by atomic mass is 32.1. The Bertz CT molecular complexity index is 1030. The van der Waals surface area contributed by atoms with Gasteiger partial charge in [-0.05, 0) is 85.3 Å². The number of thiophene rings is 2. The molecule has 0 fully saturated rings. The molecule has 0 amide bonds. The van der Waals surface area contributed by atoms with E-state index in [0.717, 1.165) is 11.2 Å². The smallest absolute Gasteiger partial charge is 0.0731 e. The molecule has 5 rings (SSSR count). The van der Waals surface area contributed by atoms with Crippen LogP contribution in [0.5, 0.6) is 0 Å². The van der Waals surface area contributed by atoms with Crippen LogP contribution in [0.2, 0.25) is 0 Å². The van der Waals surface area contributed by atoms with Crippen LogP contribution in [0.4, 0.5) is 0 Å². The summed E-state index contributed by atoms with van der Waals surface area (Å²) >= 11 is 3.52. The minimum absolute atomic E-state index is 1.07. The number of hydrogen-bond donors (Lipinski definition) is 0. The summed E-state index contributed by atoms with van der Waals surface area (Å²) in [4.78, 5) is 9.64. The molecule has 0 aliphatic rings. The normalized spacial score (nSPS) is 9.33. The van der Waals surface area contributed by atoms with Crippen LogP contribution in [0, 0.1) is 27.7 Å². The van der Waals surface area contributed by atoms with Crippen molar-refractivity contribution in [2.45, 2.75) is 27.7 Å². The fourth-order valence-electron chi connectivity index (χ4n) is 2.40. The molecule has 4 aromatic heterocycles. The van der Waals surface area contributed by atoms with Crippen LogP contribution in [0.25, 0.3) is 10.9 Å². The van der Waals surface area contributed by atoms with Gasteiger partial charge in [0, 0.05) is 28.4 Å². The van der Waals surface area contributed by atoms with Crippen molar-refractivity contribution in [2.24, 2.45) is 0 Å². The van der Waals surface area contributed by atoms with Gasteiger partial charge >= 0.3 is 0 Å². The van der Waals surface area contributed by atoms with Crippen molar-refractivity contribution < 1.29 is 0 Å². The monoisotopic (exact) mass is 432 g/mol. The number of pyridine rings is 2. The van der Waals surface area contributed by atoms with E-state index in [1.165, 1.54) is 21.4 Å². The van der Waals surface area contributed by atoms with E-state index < -0.39 is 0 Å². The van der Waals surface area contributed by atoms with E-state index in [1.54, 1.807) is 28.9 Å². The second-order valence-corrected chi connectivity index (χ2v) is 8.58. The van der Waals surface area contributed by atoms with Crippen LogP contribution in [-0.4, -0.2) is 9.97 Å². The number of nitrogens with zero attached hydrogens (tertiary/aromatic N) is 2. The number of para-hydroxylation sites is 1. The van der Waals surface area contributed by atoms with Gasteiger partial charge in [-0.25, -0.2) is 0 Å². The lowest BCUT2D eigenvalue weighted by Crippen LogP contribution is -1.80. The van der Waals surface area contributed by atoms with E-state index in [4.69, 9.17) is 0 Å². The number of hydrogen-bond acceptors (Lipinski definition) is 4. The molecule has 0 unspecified atom stereocenters. The summed E-state index contributed by atoms with van der Waals surface area (Å²) in [7, 11) is 0. The van der Waals surface area contributed by atoms with Crippen molar-refractivity contribution in [3.8, 4) is 0 Å². The molecular formula is C26H28N2S2. The standard InChI is InChI=1S/C10H9N.C6H7N.2C5H6S/c1-8-4-2-5-9-6-3-7-11-10(8)9;1-6-4-2-3-5-7-6;1-5-2-3-6-4-5;1-5-3-2-4-6-5/h2-7H,1H3;2-5H,1H3;2*2-4H,1H3. The van der Waals surface area contributed by atoms with Crippen LogP contribution in [0.1, 0.15) is 21.7 Å². The maximum Gasteiger partial charge on any atom is 0.0731 e. The summed E-state index contributed by atoms with van der Waals surface area (Å²) in [5, 5.41) is 7.50. The molecule has 4 heterocycles. The van der Waals surface area contributed by atoms with Crippen LogP contribution in [0.3, 0.4) is 0 Å². The van der Waals surface area contributed by atoms with Crippen LogP contribution in [0.15, 0.2) is 95.3 Å². The molecule has 0 saturated heterocycles. The van der Waals surface area contributed by atoms with Gasteiger partial charge in [0.15, 0.2) is 0 Å². The second-order valence-electron chi connectivity index (χ2n) is 6.65. The fourth-order valence-corrected chi connectivity index (χ4v) is 3.59. The molecule has 0 saturated carbocycles. The fraction of sp³-hybridized carbons (Fsp3) is 0.154. The van der Waals surface area contributed by atoms with Crippen molar-refractivity contribution in [1.29, 1.82) is 0 Å². The highest BCUT2D eigenvalue weighted by Gasteiger charge is 1.93.